The van der Waals surface area contributed by atoms with Crippen molar-refractivity contribution in [3.8, 4) is 0 Å². The van der Waals surface area contributed by atoms with Gasteiger partial charge >= 0.3 is 0 Å². The maximum atomic E-state index is 11.9. The molecule has 2 heterocycles. The fourth-order valence-corrected chi connectivity index (χ4v) is 3.10. The Balaban J connectivity index is 2.23. The quantitative estimate of drug-likeness (QED) is 0.479. The first-order valence-corrected chi connectivity index (χ1v) is 6.58. The van der Waals surface area contributed by atoms with Crippen molar-refractivity contribution in [2.24, 2.45) is 0 Å². The van der Waals surface area contributed by atoms with Crippen molar-refractivity contribution in [3.05, 3.63) is 34.1 Å². The number of nitrogens with zero attached hydrogens (tertiary/aromatic N) is 2. The Kier molecular flexibility index (Phi) is 3.52. The highest BCUT2D eigenvalue weighted by atomic mass is 32.2. The smallest absolute Gasteiger partial charge is 0.266 e. The van der Waals surface area contributed by atoms with Crippen LogP contribution >= 0.6 is 35.3 Å². The van der Waals surface area contributed by atoms with E-state index in [4.69, 9.17) is 12.2 Å². The number of hydrogen-bond donors (Lipinski definition) is 0. The number of thiocarbonyl (C=S) groups is 1. The summed E-state index contributed by atoms with van der Waals surface area (Å²) >= 11 is 7.92. The van der Waals surface area contributed by atoms with Crippen molar-refractivity contribution < 1.29 is 4.79 Å². The first-order chi connectivity index (χ1) is 7.72. The van der Waals surface area contributed by atoms with Gasteiger partial charge in [-0.2, -0.15) is 0 Å². The van der Waals surface area contributed by atoms with Crippen molar-refractivity contribution in [1.29, 1.82) is 0 Å². The van der Waals surface area contributed by atoms with Gasteiger partial charge in [0.15, 0.2) is 0 Å². The van der Waals surface area contributed by atoms with Crippen LogP contribution in [0.25, 0.3) is 6.08 Å². The molecule has 1 aliphatic heterocycles. The second-order valence-electron chi connectivity index (χ2n) is 2.95. The predicted molar refractivity (Wildman–Crippen MR) is 72.2 cm³/mol. The summed E-state index contributed by atoms with van der Waals surface area (Å²) < 4.78 is 0.577. The lowest BCUT2D eigenvalue weighted by molar-refractivity contribution is -0.121. The summed E-state index contributed by atoms with van der Waals surface area (Å²) in [6.07, 6.45) is 5.14. The molecule has 0 unspecified atom stereocenters. The van der Waals surface area contributed by atoms with Crippen molar-refractivity contribution in [2.45, 2.75) is 0 Å². The van der Waals surface area contributed by atoms with Gasteiger partial charge in [-0.3, -0.25) is 9.69 Å². The molecule has 0 N–H and O–H groups in total. The summed E-state index contributed by atoms with van der Waals surface area (Å²) in [6.45, 7) is 4.06. The van der Waals surface area contributed by atoms with E-state index in [2.05, 4.69) is 11.6 Å². The maximum Gasteiger partial charge on any atom is 0.266 e. The first kappa shape index (κ1) is 11.5. The topological polar surface area (TPSA) is 33.2 Å². The Morgan fingerprint density at radius 1 is 1.62 bits per heavy atom. The molecular weight excluding hydrogens is 260 g/mol. The van der Waals surface area contributed by atoms with Crippen molar-refractivity contribution in [3.63, 3.8) is 0 Å². The molecule has 1 aromatic rings. The molecule has 2 rings (SSSR count). The Bertz CT molecular complexity index is 464. The van der Waals surface area contributed by atoms with Crippen LogP contribution in [0.1, 0.15) is 5.01 Å². The third-order valence-corrected chi connectivity index (χ3v) is 3.99. The maximum absolute atomic E-state index is 11.9. The third-order valence-electron chi connectivity index (χ3n) is 1.89. The van der Waals surface area contributed by atoms with Crippen LogP contribution in [0.3, 0.4) is 0 Å². The fourth-order valence-electron chi connectivity index (χ4n) is 1.20. The number of thioether (sulfide) groups is 1. The van der Waals surface area contributed by atoms with Crippen LogP contribution in [-0.2, 0) is 4.79 Å². The SMILES string of the molecule is C=CCN1C(=O)/C(=C/c2nccs2)SC1=S. The van der Waals surface area contributed by atoms with Crippen molar-refractivity contribution in [1.82, 2.24) is 9.88 Å². The van der Waals surface area contributed by atoms with E-state index >= 15 is 0 Å². The van der Waals surface area contributed by atoms with Gasteiger partial charge in [0.25, 0.3) is 5.91 Å². The number of carbonyl (C=O) groups excluding carboxylic acids is 1. The minimum absolute atomic E-state index is 0.0647. The van der Waals surface area contributed by atoms with Crippen LogP contribution in [0.5, 0.6) is 0 Å². The zero-order chi connectivity index (χ0) is 11.5. The van der Waals surface area contributed by atoms with E-state index in [1.807, 2.05) is 5.38 Å². The van der Waals surface area contributed by atoms with Gasteiger partial charge in [0.05, 0.1) is 4.91 Å². The third kappa shape index (κ3) is 2.23. The Hall–Kier alpha value is -0.980. The largest absolute Gasteiger partial charge is 0.289 e. The highest BCUT2D eigenvalue weighted by Crippen LogP contribution is 2.32. The molecule has 0 atom stereocenters. The average Bonchev–Trinajstić information content (AvgIpc) is 2.84. The van der Waals surface area contributed by atoms with Gasteiger partial charge in [-0.05, 0) is 6.08 Å². The molecule has 16 heavy (non-hydrogen) atoms. The molecule has 1 saturated heterocycles. The first-order valence-electron chi connectivity index (χ1n) is 4.48. The standard InChI is InChI=1S/C10H8N2OS3/c1-2-4-12-9(13)7(16-10(12)14)6-8-11-3-5-15-8/h2-3,5-6H,1,4H2/b7-6-. The zero-order valence-corrected chi connectivity index (χ0v) is 10.7. The Labute approximate surface area is 107 Å². The molecule has 1 aliphatic rings. The van der Waals surface area contributed by atoms with E-state index in [9.17, 15) is 4.79 Å². The lowest BCUT2D eigenvalue weighted by Crippen LogP contribution is -2.27. The van der Waals surface area contributed by atoms with E-state index in [0.29, 0.717) is 15.8 Å². The number of hydrogen-bond acceptors (Lipinski definition) is 5. The summed E-state index contributed by atoms with van der Waals surface area (Å²) in [5.74, 6) is -0.0647. The second-order valence-corrected chi connectivity index (χ2v) is 5.55. The van der Waals surface area contributed by atoms with E-state index in [1.165, 1.54) is 28.0 Å². The molecule has 3 nitrogen and oxygen atoms in total. The molecule has 0 aliphatic carbocycles. The number of carbonyl (C=O) groups is 1. The number of rotatable bonds is 3. The van der Waals surface area contributed by atoms with Crippen LogP contribution in [0.4, 0.5) is 0 Å². The van der Waals surface area contributed by atoms with Crippen LogP contribution in [0.2, 0.25) is 0 Å². The average molecular weight is 268 g/mol. The molecule has 0 radical (unpaired) electrons. The normalized spacial score (nSPS) is 18.5. The van der Waals surface area contributed by atoms with E-state index < -0.39 is 0 Å². The summed E-state index contributed by atoms with van der Waals surface area (Å²) in [5.41, 5.74) is 0. The number of amides is 1. The molecule has 0 aromatic carbocycles. The minimum atomic E-state index is -0.0647. The molecule has 1 amide bonds. The van der Waals surface area contributed by atoms with Gasteiger partial charge in [0.1, 0.15) is 9.33 Å². The molecule has 82 valence electrons. The molecule has 6 heteroatoms. The predicted octanol–water partition coefficient (Wildman–Crippen LogP) is 2.53. The number of aromatic nitrogens is 1. The van der Waals surface area contributed by atoms with Crippen molar-refractivity contribution >= 4 is 51.6 Å². The van der Waals surface area contributed by atoms with E-state index in [1.54, 1.807) is 18.3 Å². The van der Waals surface area contributed by atoms with Crippen LogP contribution in [0.15, 0.2) is 29.1 Å². The summed E-state index contributed by atoms with van der Waals surface area (Å²) in [5, 5.41) is 2.69. The van der Waals surface area contributed by atoms with Gasteiger partial charge in [0.2, 0.25) is 0 Å². The molecule has 1 fully saturated rings. The minimum Gasteiger partial charge on any atom is -0.289 e. The van der Waals surface area contributed by atoms with Crippen molar-refractivity contribution in [2.75, 3.05) is 6.54 Å². The van der Waals surface area contributed by atoms with Gasteiger partial charge in [-0.25, -0.2) is 4.98 Å². The monoisotopic (exact) mass is 268 g/mol. The second kappa shape index (κ2) is 4.90. The van der Waals surface area contributed by atoms with Crippen LogP contribution in [0, 0.1) is 0 Å². The lowest BCUT2D eigenvalue weighted by Gasteiger charge is -2.10. The van der Waals surface area contributed by atoms with Crippen LogP contribution < -0.4 is 0 Å². The van der Waals surface area contributed by atoms with Gasteiger partial charge < -0.3 is 0 Å². The molecule has 1 aromatic heterocycles. The zero-order valence-electron chi connectivity index (χ0n) is 8.25. The summed E-state index contributed by atoms with van der Waals surface area (Å²) in [6, 6.07) is 0. The highest BCUT2D eigenvalue weighted by Gasteiger charge is 2.31. The number of thiazole rings is 1. The Morgan fingerprint density at radius 2 is 2.44 bits per heavy atom. The van der Waals surface area contributed by atoms with E-state index in [-0.39, 0.29) is 5.91 Å². The summed E-state index contributed by atoms with van der Waals surface area (Å²) in [4.78, 5) is 18.2. The van der Waals surface area contributed by atoms with Crippen LogP contribution in [-0.4, -0.2) is 26.7 Å². The molecule has 0 saturated carbocycles. The Morgan fingerprint density at radius 3 is 3.06 bits per heavy atom. The van der Waals surface area contributed by atoms with Gasteiger partial charge in [-0.1, -0.05) is 30.1 Å². The lowest BCUT2D eigenvalue weighted by atomic mass is 10.4. The molecular formula is C10H8N2OS3. The summed E-state index contributed by atoms with van der Waals surface area (Å²) in [7, 11) is 0. The highest BCUT2D eigenvalue weighted by molar-refractivity contribution is 8.26. The van der Waals surface area contributed by atoms with Gasteiger partial charge in [-0.15, -0.1) is 17.9 Å². The fraction of sp³-hybridized carbons (Fsp3) is 0.100. The van der Waals surface area contributed by atoms with E-state index in [0.717, 1.165) is 5.01 Å². The van der Waals surface area contributed by atoms with Gasteiger partial charge in [0, 0.05) is 18.1 Å². The molecule has 0 spiro atoms. The molecule has 0 bridgehead atoms.